The van der Waals surface area contributed by atoms with Gasteiger partial charge in [0, 0.05) is 19.5 Å². The van der Waals surface area contributed by atoms with Gasteiger partial charge in [0.2, 0.25) is 0 Å². The van der Waals surface area contributed by atoms with Gasteiger partial charge in [0.15, 0.2) is 0 Å². The molecule has 2 aromatic heterocycles. The van der Waals surface area contributed by atoms with Crippen LogP contribution >= 0.6 is 22.7 Å². The van der Waals surface area contributed by atoms with Crippen molar-refractivity contribution < 1.29 is 38.0 Å². The highest BCUT2D eigenvalue weighted by molar-refractivity contribution is 7.25. The lowest BCUT2D eigenvalue weighted by molar-refractivity contribution is -0.143. The quantitative estimate of drug-likeness (QED) is 0.117. The molecule has 0 fully saturated rings. The van der Waals surface area contributed by atoms with Gasteiger partial charge in [-0.05, 0) is 89.1 Å². The van der Waals surface area contributed by atoms with E-state index in [-0.39, 0.29) is 50.2 Å². The lowest BCUT2D eigenvalue weighted by Gasteiger charge is -2.16. The van der Waals surface area contributed by atoms with Crippen molar-refractivity contribution in [2.75, 3.05) is 27.4 Å². The molecule has 0 radical (unpaired) electrons. The summed E-state index contributed by atoms with van der Waals surface area (Å²) < 4.78 is 34.7. The fourth-order valence-corrected chi connectivity index (χ4v) is 7.71. The van der Waals surface area contributed by atoms with Crippen molar-refractivity contribution in [3.63, 3.8) is 0 Å². The minimum absolute atomic E-state index is 0.0532. The maximum atomic E-state index is 12.9. The van der Waals surface area contributed by atoms with Crippen molar-refractivity contribution in [2.24, 2.45) is 0 Å². The Hall–Kier alpha value is -4.02. The van der Waals surface area contributed by atoms with Gasteiger partial charge in [-0.3, -0.25) is 9.59 Å². The minimum Gasteiger partial charge on any atom is -0.496 e. The third-order valence-electron chi connectivity index (χ3n) is 6.74. The Labute approximate surface area is 279 Å². The number of rotatable bonds is 15. The van der Waals surface area contributed by atoms with Crippen LogP contribution in [0.4, 0.5) is 0 Å². The van der Waals surface area contributed by atoms with Gasteiger partial charge in [0.25, 0.3) is 0 Å². The first-order valence-electron chi connectivity index (χ1n) is 15.3. The van der Waals surface area contributed by atoms with E-state index in [0.29, 0.717) is 23.0 Å². The van der Waals surface area contributed by atoms with Gasteiger partial charge in [-0.25, -0.2) is 0 Å². The van der Waals surface area contributed by atoms with Gasteiger partial charge < -0.3 is 28.4 Å². The summed E-state index contributed by atoms with van der Waals surface area (Å²) in [5.41, 5.74) is 3.14. The monoisotopic (exact) mass is 666 g/mol. The van der Waals surface area contributed by atoms with E-state index in [1.807, 2.05) is 76.2 Å². The lowest BCUT2D eigenvalue weighted by Crippen LogP contribution is -2.08. The second-order valence-corrected chi connectivity index (χ2v) is 13.0. The van der Waals surface area contributed by atoms with Gasteiger partial charge >= 0.3 is 11.9 Å². The van der Waals surface area contributed by atoms with Crippen molar-refractivity contribution in [3.8, 4) is 53.6 Å². The molecule has 0 N–H and O–H groups in total. The zero-order valence-corrected chi connectivity index (χ0v) is 29.3. The fraction of sp³-hybridized carbons (Fsp3) is 0.389. The molecule has 0 aliphatic carbocycles. The molecule has 0 spiro atoms. The fourth-order valence-electron chi connectivity index (χ4n) is 5.04. The van der Waals surface area contributed by atoms with Crippen LogP contribution in [0.2, 0.25) is 0 Å². The van der Waals surface area contributed by atoms with Gasteiger partial charge in [0.05, 0.1) is 63.6 Å². The van der Waals surface area contributed by atoms with Crippen molar-refractivity contribution in [1.29, 1.82) is 0 Å². The van der Waals surface area contributed by atoms with Crippen LogP contribution in [0, 0.1) is 0 Å². The summed E-state index contributed by atoms with van der Waals surface area (Å²) in [6, 6.07) is 15.4. The van der Waals surface area contributed by atoms with Crippen LogP contribution < -0.4 is 18.9 Å². The predicted octanol–water partition coefficient (Wildman–Crippen LogP) is 8.61. The lowest BCUT2D eigenvalue weighted by atomic mass is 10.0. The Morgan fingerprint density at radius 3 is 1.33 bits per heavy atom. The van der Waals surface area contributed by atoms with Gasteiger partial charge in [-0.2, -0.15) is 0 Å². The number of hydrogen-bond acceptors (Lipinski definition) is 10. The van der Waals surface area contributed by atoms with Crippen LogP contribution in [-0.2, 0) is 31.9 Å². The molecular formula is C36H42O8S2. The normalized spacial score (nSPS) is 11.1. The van der Waals surface area contributed by atoms with E-state index >= 15 is 0 Å². The van der Waals surface area contributed by atoms with Crippen molar-refractivity contribution in [1.82, 2.24) is 0 Å². The number of ether oxygens (including phenoxy) is 6. The zero-order valence-electron chi connectivity index (χ0n) is 27.7. The second-order valence-electron chi connectivity index (χ2n) is 10.9. The average molecular weight is 667 g/mol. The summed E-state index contributed by atoms with van der Waals surface area (Å²) in [5.74, 6) is 1.97. The molecule has 0 saturated heterocycles. The largest absolute Gasteiger partial charge is 0.496 e. The van der Waals surface area contributed by atoms with Crippen LogP contribution in [-0.4, -0.2) is 51.6 Å². The molecule has 4 rings (SSSR count). The number of esters is 2. The Bertz CT molecular complexity index is 1530. The molecule has 46 heavy (non-hydrogen) atoms. The van der Waals surface area contributed by atoms with E-state index in [2.05, 4.69) is 0 Å². The second kappa shape index (κ2) is 16.0. The Kier molecular flexibility index (Phi) is 12.1. The smallest absolute Gasteiger partial charge is 0.310 e. The minimum atomic E-state index is -0.340. The maximum Gasteiger partial charge on any atom is 0.310 e. The molecule has 8 nitrogen and oxygen atoms in total. The van der Waals surface area contributed by atoms with Crippen LogP contribution in [0.1, 0.15) is 52.7 Å². The molecule has 10 heteroatoms. The summed E-state index contributed by atoms with van der Waals surface area (Å²) >= 11 is 3.03. The molecule has 2 aromatic carbocycles. The summed E-state index contributed by atoms with van der Waals surface area (Å²) in [5, 5.41) is 0. The third-order valence-corrected chi connectivity index (χ3v) is 9.29. The number of methoxy groups -OCH3 is 2. The summed E-state index contributed by atoms with van der Waals surface area (Å²) in [4.78, 5) is 29.2. The van der Waals surface area contributed by atoms with Crippen molar-refractivity contribution in [3.05, 3.63) is 59.7 Å². The zero-order chi connectivity index (χ0) is 33.4. The SMILES string of the molecule is CCOC(=O)Cc1cc(-c2c(OC)cccc2OC(C)C)sc1-c1sc(-c2c(OC)cccc2OC(C)C)cc1CC(=O)OCC. The first-order chi connectivity index (χ1) is 22.1. The van der Waals surface area contributed by atoms with Crippen LogP contribution in [0.25, 0.3) is 30.6 Å². The van der Waals surface area contributed by atoms with Gasteiger partial charge in [-0.15, -0.1) is 22.7 Å². The number of thiophene rings is 2. The maximum absolute atomic E-state index is 12.9. The van der Waals surface area contributed by atoms with Crippen LogP contribution in [0.3, 0.4) is 0 Å². The molecule has 246 valence electrons. The number of carbonyl (C=O) groups excluding carboxylic acids is 2. The standard InChI is InChI=1S/C36H42O8S2/c1-9-41-31(37)19-23-17-29(33-25(39-7)13-11-15-27(33)43-21(3)4)45-35(23)36-24(20-32(38)42-10-2)18-30(46-36)34-26(40-8)14-12-16-28(34)44-22(5)6/h11-18,21-22H,9-10,19-20H2,1-8H3. The highest BCUT2D eigenvalue weighted by atomic mass is 32.1. The van der Waals surface area contributed by atoms with E-state index in [1.165, 1.54) is 22.7 Å². The summed E-state index contributed by atoms with van der Waals surface area (Å²) in [7, 11) is 3.25. The Morgan fingerprint density at radius 1 is 0.630 bits per heavy atom. The van der Waals surface area contributed by atoms with Crippen LogP contribution in [0.15, 0.2) is 48.5 Å². The van der Waals surface area contributed by atoms with E-state index < -0.39 is 0 Å². The van der Waals surface area contributed by atoms with E-state index in [1.54, 1.807) is 28.1 Å². The molecule has 0 bridgehead atoms. The predicted molar refractivity (Wildman–Crippen MR) is 184 cm³/mol. The molecule has 0 amide bonds. The number of carbonyl (C=O) groups is 2. The molecule has 0 atom stereocenters. The van der Waals surface area contributed by atoms with Crippen molar-refractivity contribution >= 4 is 34.6 Å². The molecule has 0 aliphatic rings. The Morgan fingerprint density at radius 2 is 1.00 bits per heavy atom. The first-order valence-corrected chi connectivity index (χ1v) is 17.0. The van der Waals surface area contributed by atoms with Crippen LogP contribution in [0.5, 0.6) is 23.0 Å². The highest BCUT2D eigenvalue weighted by Crippen LogP contribution is 2.51. The Balaban J connectivity index is 1.99. The summed E-state index contributed by atoms with van der Waals surface area (Å²) in [6.07, 6.45) is -0.0261. The number of benzene rings is 2. The molecular weight excluding hydrogens is 625 g/mol. The first kappa shape index (κ1) is 34.8. The van der Waals surface area contributed by atoms with Crippen molar-refractivity contribution in [2.45, 2.75) is 66.6 Å². The molecule has 0 unspecified atom stereocenters. The topological polar surface area (TPSA) is 89.5 Å². The van der Waals surface area contributed by atoms with Gasteiger partial charge in [-0.1, -0.05) is 12.1 Å². The third kappa shape index (κ3) is 8.22. The van der Waals surface area contributed by atoms with E-state index in [9.17, 15) is 9.59 Å². The van der Waals surface area contributed by atoms with Gasteiger partial charge in [0.1, 0.15) is 23.0 Å². The molecule has 4 aromatic rings. The highest BCUT2D eigenvalue weighted by Gasteiger charge is 2.26. The average Bonchev–Trinajstić information content (AvgIpc) is 3.59. The van der Waals surface area contributed by atoms with E-state index in [4.69, 9.17) is 28.4 Å². The number of hydrogen-bond donors (Lipinski definition) is 0. The molecule has 0 aliphatic heterocycles. The molecule has 0 saturated carbocycles. The molecule has 2 heterocycles. The van der Waals surface area contributed by atoms with E-state index in [0.717, 1.165) is 41.8 Å². The summed E-state index contributed by atoms with van der Waals surface area (Å²) in [6.45, 7) is 12.0.